The van der Waals surface area contributed by atoms with Crippen LogP contribution in [-0.4, -0.2) is 37.2 Å². The van der Waals surface area contributed by atoms with Crippen LogP contribution in [0.15, 0.2) is 48.6 Å². The zero-order valence-corrected chi connectivity index (χ0v) is 54.6. The molecule has 0 bridgehead atoms. The Kier molecular flexibility index (Phi) is 67.6. The van der Waals surface area contributed by atoms with Gasteiger partial charge in [0.1, 0.15) is 13.2 Å². The minimum Gasteiger partial charge on any atom is -0.462 e. The van der Waals surface area contributed by atoms with Crippen molar-refractivity contribution in [2.45, 2.75) is 399 Å². The number of carbonyl (C=O) groups is 3. The van der Waals surface area contributed by atoms with Crippen molar-refractivity contribution in [2.75, 3.05) is 13.2 Å². The first-order chi connectivity index (χ1) is 40.0. The normalized spacial score (nSPS) is 12.3. The van der Waals surface area contributed by atoms with E-state index < -0.39 is 6.10 Å². The molecule has 0 aliphatic heterocycles. The van der Waals surface area contributed by atoms with Crippen LogP contribution in [0.4, 0.5) is 0 Å². The minimum absolute atomic E-state index is 0.0772. The van der Waals surface area contributed by atoms with E-state index in [4.69, 9.17) is 14.2 Å². The zero-order valence-electron chi connectivity index (χ0n) is 54.6. The monoisotopic (exact) mass is 1140 g/mol. The van der Waals surface area contributed by atoms with E-state index in [1.807, 2.05) is 0 Å². The molecule has 1 unspecified atom stereocenters. The summed E-state index contributed by atoms with van der Waals surface area (Å²) >= 11 is 0. The number of hydrogen-bond donors (Lipinski definition) is 0. The Morgan fingerprint density at radius 2 is 0.481 bits per heavy atom. The third kappa shape index (κ3) is 68.0. The largest absolute Gasteiger partial charge is 0.462 e. The smallest absolute Gasteiger partial charge is 0.306 e. The molecule has 0 rings (SSSR count). The van der Waals surface area contributed by atoms with Crippen molar-refractivity contribution in [3.63, 3.8) is 0 Å². The Bertz CT molecular complexity index is 1400. The summed E-state index contributed by atoms with van der Waals surface area (Å²) in [6, 6.07) is 0. The maximum absolute atomic E-state index is 12.9. The fraction of sp³-hybridized carbons (Fsp3) is 0.853. The number of ether oxygens (including phenoxy) is 3. The van der Waals surface area contributed by atoms with Crippen LogP contribution >= 0.6 is 0 Å². The highest BCUT2D eigenvalue weighted by Gasteiger charge is 2.19. The molecule has 0 aromatic rings. The molecule has 1 atom stereocenters. The highest BCUT2D eigenvalue weighted by atomic mass is 16.6. The SMILES string of the molecule is CC/C=C\C/C=C\C/C=C\CCCCCC(=O)OCC(COC(=O)CCCCCCCCCCCCCCCCCCCCCCCCC/C=C\CCCCCCCCCC)OC(=O)CCCCCCCCCCCCCCCCC. The second kappa shape index (κ2) is 69.9. The molecule has 0 aliphatic carbocycles. The maximum Gasteiger partial charge on any atom is 0.306 e. The van der Waals surface area contributed by atoms with Gasteiger partial charge in [-0.3, -0.25) is 14.4 Å². The number of rotatable bonds is 67. The molecule has 474 valence electrons. The van der Waals surface area contributed by atoms with Crippen molar-refractivity contribution in [1.82, 2.24) is 0 Å². The van der Waals surface area contributed by atoms with Crippen molar-refractivity contribution in [1.29, 1.82) is 0 Å². The van der Waals surface area contributed by atoms with Crippen LogP contribution in [0.1, 0.15) is 393 Å². The molecule has 0 radical (unpaired) electrons. The third-order valence-corrected chi connectivity index (χ3v) is 16.3. The molecule has 0 aliphatic rings. The van der Waals surface area contributed by atoms with E-state index in [1.54, 1.807) is 0 Å². The molecular formula is C75H138O6. The lowest BCUT2D eigenvalue weighted by Crippen LogP contribution is -2.30. The molecule has 0 N–H and O–H groups in total. The van der Waals surface area contributed by atoms with Gasteiger partial charge in [0.25, 0.3) is 0 Å². The van der Waals surface area contributed by atoms with E-state index in [9.17, 15) is 14.4 Å². The molecule has 0 amide bonds. The first-order valence-electron chi connectivity index (χ1n) is 36.1. The summed E-state index contributed by atoms with van der Waals surface area (Å²) in [5, 5.41) is 0. The highest BCUT2D eigenvalue weighted by Crippen LogP contribution is 2.19. The topological polar surface area (TPSA) is 78.9 Å². The van der Waals surface area contributed by atoms with Crippen LogP contribution in [0.25, 0.3) is 0 Å². The molecular weight excluding hydrogens is 997 g/mol. The van der Waals surface area contributed by atoms with Gasteiger partial charge in [0.05, 0.1) is 0 Å². The fourth-order valence-corrected chi connectivity index (χ4v) is 10.9. The lowest BCUT2D eigenvalue weighted by Gasteiger charge is -2.18. The lowest BCUT2D eigenvalue weighted by atomic mass is 10.0. The Labute approximate surface area is 505 Å². The van der Waals surface area contributed by atoms with Crippen molar-refractivity contribution in [3.05, 3.63) is 48.6 Å². The highest BCUT2D eigenvalue weighted by molar-refractivity contribution is 5.71. The molecule has 0 aromatic heterocycles. The van der Waals surface area contributed by atoms with Gasteiger partial charge in [0.2, 0.25) is 0 Å². The zero-order chi connectivity index (χ0) is 58.5. The van der Waals surface area contributed by atoms with Gasteiger partial charge in [-0.25, -0.2) is 0 Å². The van der Waals surface area contributed by atoms with Crippen LogP contribution in [0.5, 0.6) is 0 Å². The summed E-state index contributed by atoms with van der Waals surface area (Å²) in [6.45, 7) is 6.56. The fourth-order valence-electron chi connectivity index (χ4n) is 10.9. The Morgan fingerprint density at radius 3 is 0.778 bits per heavy atom. The summed E-state index contributed by atoms with van der Waals surface area (Å²) in [7, 11) is 0. The second-order valence-electron chi connectivity index (χ2n) is 24.5. The number of carbonyl (C=O) groups excluding carboxylic acids is 3. The first kappa shape index (κ1) is 78.4. The number of unbranched alkanes of at least 4 members (excludes halogenated alkanes) is 48. The van der Waals surface area contributed by atoms with E-state index in [1.165, 1.54) is 270 Å². The van der Waals surface area contributed by atoms with Gasteiger partial charge in [-0.05, 0) is 77.0 Å². The van der Waals surface area contributed by atoms with E-state index >= 15 is 0 Å². The van der Waals surface area contributed by atoms with Crippen LogP contribution < -0.4 is 0 Å². The molecule has 0 saturated carbocycles. The number of allylic oxidation sites excluding steroid dienone is 8. The van der Waals surface area contributed by atoms with Gasteiger partial charge < -0.3 is 14.2 Å². The van der Waals surface area contributed by atoms with Gasteiger partial charge in [-0.2, -0.15) is 0 Å². The van der Waals surface area contributed by atoms with Gasteiger partial charge in [-0.15, -0.1) is 0 Å². The van der Waals surface area contributed by atoms with E-state index in [-0.39, 0.29) is 31.1 Å². The van der Waals surface area contributed by atoms with Crippen LogP contribution in [0.3, 0.4) is 0 Å². The molecule has 6 nitrogen and oxygen atoms in total. The predicted octanol–water partition coefficient (Wildman–Crippen LogP) is 24.9. The van der Waals surface area contributed by atoms with Gasteiger partial charge in [0.15, 0.2) is 6.10 Å². The van der Waals surface area contributed by atoms with Gasteiger partial charge in [0, 0.05) is 19.3 Å². The third-order valence-electron chi connectivity index (χ3n) is 16.3. The molecule has 0 aromatic carbocycles. The Morgan fingerprint density at radius 1 is 0.259 bits per heavy atom. The molecule has 0 heterocycles. The summed E-state index contributed by atoms with van der Waals surface area (Å²) in [5.41, 5.74) is 0. The molecule has 81 heavy (non-hydrogen) atoms. The maximum atomic E-state index is 12.9. The van der Waals surface area contributed by atoms with Crippen LogP contribution in [0, 0.1) is 0 Å². The minimum atomic E-state index is -0.782. The Balaban J connectivity index is 4.05. The first-order valence-corrected chi connectivity index (χ1v) is 36.1. The number of esters is 3. The van der Waals surface area contributed by atoms with Crippen molar-refractivity contribution in [3.8, 4) is 0 Å². The summed E-state index contributed by atoms with van der Waals surface area (Å²) in [6.07, 6.45) is 88.9. The predicted molar refractivity (Wildman–Crippen MR) is 353 cm³/mol. The van der Waals surface area contributed by atoms with Crippen molar-refractivity contribution >= 4 is 17.9 Å². The van der Waals surface area contributed by atoms with Crippen molar-refractivity contribution < 1.29 is 28.6 Å². The van der Waals surface area contributed by atoms with Crippen LogP contribution in [0.2, 0.25) is 0 Å². The average molecular weight is 1140 g/mol. The summed E-state index contributed by atoms with van der Waals surface area (Å²) in [5.74, 6) is -0.883. The molecule has 0 saturated heterocycles. The Hall–Kier alpha value is -2.63. The van der Waals surface area contributed by atoms with E-state index in [0.717, 1.165) is 83.5 Å². The standard InChI is InChI=1S/C75H138O6/c1-4-7-10-13-16-19-22-25-27-28-29-30-31-32-33-34-35-36-37-38-39-40-41-42-43-44-45-46-48-50-53-56-59-62-65-68-74(77)80-71-72(70-79-73(76)67-64-61-58-55-52-49-24-21-18-15-12-9-6-3)81-75(78)69-66-63-60-57-54-51-47-26-23-20-17-14-11-8-5-2/h9,12,18,21,28-29,49,52,72H,4-8,10-11,13-17,19-20,22-27,30-48,50-51,53-71H2,1-3H3/b12-9-,21-18-,29-28-,52-49-. The second-order valence-corrected chi connectivity index (χ2v) is 24.5. The van der Waals surface area contributed by atoms with E-state index in [2.05, 4.69) is 69.4 Å². The number of hydrogen-bond acceptors (Lipinski definition) is 6. The molecule has 0 spiro atoms. The van der Waals surface area contributed by atoms with E-state index in [0.29, 0.717) is 19.3 Å². The molecule has 6 heteroatoms. The lowest BCUT2D eigenvalue weighted by molar-refractivity contribution is -0.167. The van der Waals surface area contributed by atoms with Crippen molar-refractivity contribution in [2.24, 2.45) is 0 Å². The molecule has 0 fully saturated rings. The summed E-state index contributed by atoms with van der Waals surface area (Å²) in [4.78, 5) is 38.3. The van der Waals surface area contributed by atoms with Crippen LogP contribution in [-0.2, 0) is 28.6 Å². The average Bonchev–Trinajstić information content (AvgIpc) is 3.46. The quantitative estimate of drug-likeness (QED) is 0.0261. The summed E-state index contributed by atoms with van der Waals surface area (Å²) < 4.78 is 16.9. The van der Waals surface area contributed by atoms with Gasteiger partial charge in [-0.1, -0.05) is 345 Å². The van der Waals surface area contributed by atoms with Gasteiger partial charge >= 0.3 is 17.9 Å².